The molecule has 7 heteroatoms. The van der Waals surface area contributed by atoms with Crippen LogP contribution in [0, 0.1) is 10.1 Å². The molecule has 1 saturated heterocycles. The van der Waals surface area contributed by atoms with E-state index < -0.39 is 16.5 Å². The summed E-state index contributed by atoms with van der Waals surface area (Å²) >= 11 is 0. The van der Waals surface area contributed by atoms with Gasteiger partial charge in [-0.15, -0.1) is 0 Å². The van der Waals surface area contributed by atoms with Gasteiger partial charge >= 0.3 is 6.03 Å². The highest BCUT2D eigenvalue weighted by atomic mass is 16.6. The SMILES string of the molecule is CC(C)(C)c1ccc([C@]2(C)NC(=O)N(Cc3ccc([N+](=O)[O-])cc3)C2=O)cc1. The molecule has 1 aliphatic heterocycles. The number of nitrogens with one attached hydrogen (secondary N) is 1. The van der Waals surface area contributed by atoms with E-state index in [-0.39, 0.29) is 23.6 Å². The first kappa shape index (κ1) is 19.5. The minimum absolute atomic E-state index is 0.00960. The zero-order chi connectivity index (χ0) is 20.7. The molecular weight excluding hydrogens is 358 g/mol. The number of nitro benzene ring substituents is 1. The van der Waals surface area contributed by atoms with Gasteiger partial charge in [-0.05, 0) is 29.0 Å². The van der Waals surface area contributed by atoms with E-state index in [4.69, 9.17) is 0 Å². The monoisotopic (exact) mass is 381 g/mol. The van der Waals surface area contributed by atoms with Gasteiger partial charge in [0.15, 0.2) is 0 Å². The van der Waals surface area contributed by atoms with Crippen LogP contribution in [0.2, 0.25) is 0 Å². The zero-order valence-corrected chi connectivity index (χ0v) is 16.4. The Morgan fingerprint density at radius 2 is 1.61 bits per heavy atom. The molecule has 7 nitrogen and oxygen atoms in total. The number of urea groups is 1. The van der Waals surface area contributed by atoms with Gasteiger partial charge in [-0.25, -0.2) is 4.79 Å². The standard InChI is InChI=1S/C21H23N3O4/c1-20(2,3)15-7-9-16(10-8-15)21(4)18(25)23(19(26)22-21)13-14-5-11-17(12-6-14)24(27)28/h5-12H,13H2,1-4H3,(H,22,26)/t21-/m0/s1. The van der Waals surface area contributed by atoms with Gasteiger partial charge in [0.25, 0.3) is 11.6 Å². The average Bonchev–Trinajstić information content (AvgIpc) is 2.86. The molecule has 0 bridgehead atoms. The minimum Gasteiger partial charge on any atom is -0.319 e. The van der Waals surface area contributed by atoms with Crippen molar-refractivity contribution in [3.05, 3.63) is 75.3 Å². The van der Waals surface area contributed by atoms with Crippen LogP contribution in [0.1, 0.15) is 44.4 Å². The van der Waals surface area contributed by atoms with Crippen molar-refractivity contribution in [1.29, 1.82) is 0 Å². The number of hydrogen-bond acceptors (Lipinski definition) is 4. The normalized spacial score (nSPS) is 19.6. The molecule has 1 atom stereocenters. The summed E-state index contributed by atoms with van der Waals surface area (Å²) in [6.45, 7) is 8.07. The molecule has 1 N–H and O–H groups in total. The van der Waals surface area contributed by atoms with Crippen LogP contribution in [-0.4, -0.2) is 21.8 Å². The minimum atomic E-state index is -1.14. The topological polar surface area (TPSA) is 92.6 Å². The lowest BCUT2D eigenvalue weighted by molar-refractivity contribution is -0.384. The van der Waals surface area contributed by atoms with Crippen LogP contribution in [-0.2, 0) is 22.3 Å². The van der Waals surface area contributed by atoms with Gasteiger partial charge in [-0.2, -0.15) is 0 Å². The number of non-ortho nitro benzene ring substituents is 1. The third-order valence-corrected chi connectivity index (χ3v) is 5.09. The van der Waals surface area contributed by atoms with Crippen molar-refractivity contribution in [2.24, 2.45) is 0 Å². The molecule has 3 amide bonds. The van der Waals surface area contributed by atoms with Crippen molar-refractivity contribution in [3.8, 4) is 0 Å². The number of rotatable bonds is 4. The first-order valence-electron chi connectivity index (χ1n) is 9.01. The molecule has 2 aromatic rings. The maximum Gasteiger partial charge on any atom is 0.325 e. The fourth-order valence-electron chi connectivity index (χ4n) is 3.25. The summed E-state index contributed by atoms with van der Waals surface area (Å²) < 4.78 is 0. The molecule has 3 rings (SSSR count). The highest BCUT2D eigenvalue weighted by Gasteiger charge is 2.48. The third kappa shape index (κ3) is 3.47. The second kappa shape index (κ2) is 6.74. The van der Waals surface area contributed by atoms with Gasteiger partial charge in [0.1, 0.15) is 5.54 Å². The number of hydrogen-bond donors (Lipinski definition) is 1. The highest BCUT2D eigenvalue weighted by molar-refractivity contribution is 6.07. The summed E-state index contributed by atoms with van der Waals surface area (Å²) in [5.74, 6) is -0.348. The molecule has 0 radical (unpaired) electrons. The van der Waals surface area contributed by atoms with E-state index in [1.54, 1.807) is 19.1 Å². The van der Waals surface area contributed by atoms with Gasteiger partial charge in [-0.3, -0.25) is 19.8 Å². The maximum atomic E-state index is 13.0. The summed E-state index contributed by atoms with van der Waals surface area (Å²) in [6.07, 6.45) is 0. The van der Waals surface area contributed by atoms with E-state index in [1.165, 1.54) is 12.1 Å². The quantitative estimate of drug-likeness (QED) is 0.494. The van der Waals surface area contributed by atoms with Gasteiger partial charge < -0.3 is 5.32 Å². The van der Waals surface area contributed by atoms with Crippen molar-refractivity contribution in [1.82, 2.24) is 10.2 Å². The Bertz CT molecular complexity index is 930. The van der Waals surface area contributed by atoms with Crippen molar-refractivity contribution < 1.29 is 14.5 Å². The zero-order valence-electron chi connectivity index (χ0n) is 16.4. The van der Waals surface area contributed by atoms with E-state index in [2.05, 4.69) is 26.1 Å². The Labute approximate surface area is 163 Å². The summed E-state index contributed by atoms with van der Waals surface area (Å²) in [5, 5.41) is 13.5. The third-order valence-electron chi connectivity index (χ3n) is 5.09. The van der Waals surface area contributed by atoms with Crippen LogP contribution in [0.25, 0.3) is 0 Å². The number of carbonyl (C=O) groups is 2. The van der Waals surface area contributed by atoms with Crippen LogP contribution in [0.15, 0.2) is 48.5 Å². The number of nitro groups is 1. The number of nitrogens with zero attached hydrogens (tertiary/aromatic N) is 2. The maximum absolute atomic E-state index is 13.0. The molecule has 146 valence electrons. The lowest BCUT2D eigenvalue weighted by Crippen LogP contribution is -2.40. The Balaban J connectivity index is 1.83. The van der Waals surface area contributed by atoms with E-state index in [9.17, 15) is 19.7 Å². The Morgan fingerprint density at radius 3 is 2.11 bits per heavy atom. The van der Waals surface area contributed by atoms with Crippen molar-refractivity contribution in [2.75, 3.05) is 0 Å². The molecule has 28 heavy (non-hydrogen) atoms. The summed E-state index contributed by atoms with van der Waals surface area (Å²) in [4.78, 5) is 36.9. The number of imide groups is 1. The van der Waals surface area contributed by atoms with Crippen LogP contribution < -0.4 is 5.32 Å². The average molecular weight is 381 g/mol. The molecule has 0 aliphatic carbocycles. The fourth-order valence-corrected chi connectivity index (χ4v) is 3.25. The van der Waals surface area contributed by atoms with Crippen molar-refractivity contribution in [3.63, 3.8) is 0 Å². The summed E-state index contributed by atoms with van der Waals surface area (Å²) in [7, 11) is 0. The van der Waals surface area contributed by atoms with E-state index in [1.807, 2.05) is 24.3 Å². The first-order valence-corrected chi connectivity index (χ1v) is 9.01. The molecule has 1 aliphatic rings. The molecule has 2 aromatic carbocycles. The summed E-state index contributed by atoms with van der Waals surface area (Å²) in [6, 6.07) is 13.0. The Kier molecular flexibility index (Phi) is 4.71. The van der Waals surface area contributed by atoms with Crippen LogP contribution in [0.3, 0.4) is 0 Å². The lowest BCUT2D eigenvalue weighted by Gasteiger charge is -2.24. The molecule has 1 fully saturated rings. The van der Waals surface area contributed by atoms with E-state index >= 15 is 0 Å². The van der Waals surface area contributed by atoms with Crippen LogP contribution in [0.4, 0.5) is 10.5 Å². The molecular formula is C21H23N3O4. The highest BCUT2D eigenvalue weighted by Crippen LogP contribution is 2.32. The Morgan fingerprint density at radius 1 is 1.04 bits per heavy atom. The van der Waals surface area contributed by atoms with Gasteiger partial charge in [0.2, 0.25) is 0 Å². The van der Waals surface area contributed by atoms with Gasteiger partial charge in [-0.1, -0.05) is 57.2 Å². The first-order chi connectivity index (χ1) is 13.0. The number of carbonyl (C=O) groups excluding carboxylic acids is 2. The molecule has 0 saturated carbocycles. The molecule has 0 unspecified atom stereocenters. The van der Waals surface area contributed by atoms with Gasteiger partial charge in [0, 0.05) is 12.1 Å². The molecule has 0 aromatic heterocycles. The van der Waals surface area contributed by atoms with Crippen LogP contribution in [0.5, 0.6) is 0 Å². The van der Waals surface area contributed by atoms with Crippen LogP contribution >= 0.6 is 0 Å². The Hall–Kier alpha value is -3.22. The second-order valence-electron chi connectivity index (χ2n) is 8.20. The van der Waals surface area contributed by atoms with Gasteiger partial charge in [0.05, 0.1) is 11.5 Å². The number of benzene rings is 2. The summed E-state index contributed by atoms with van der Waals surface area (Å²) in [5.41, 5.74) is 1.30. The predicted molar refractivity (Wildman–Crippen MR) is 105 cm³/mol. The van der Waals surface area contributed by atoms with E-state index in [0.717, 1.165) is 10.5 Å². The molecule has 0 spiro atoms. The number of amides is 3. The second-order valence-corrected chi connectivity index (χ2v) is 8.20. The van der Waals surface area contributed by atoms with Crippen molar-refractivity contribution in [2.45, 2.75) is 45.2 Å². The predicted octanol–water partition coefficient (Wildman–Crippen LogP) is 3.86. The fraction of sp³-hybridized carbons (Fsp3) is 0.333. The molecule has 1 heterocycles. The largest absolute Gasteiger partial charge is 0.325 e. The lowest BCUT2D eigenvalue weighted by atomic mass is 9.84. The van der Waals surface area contributed by atoms with Crippen molar-refractivity contribution >= 4 is 17.6 Å². The smallest absolute Gasteiger partial charge is 0.319 e. The van der Waals surface area contributed by atoms with E-state index in [0.29, 0.717) is 11.1 Å².